The molecule has 1 fully saturated rings. The van der Waals surface area contributed by atoms with Crippen molar-refractivity contribution in [1.82, 2.24) is 0 Å². The van der Waals surface area contributed by atoms with Crippen LogP contribution in [-0.2, 0) is 9.53 Å². The number of aliphatic hydroxyl groups is 1. The van der Waals surface area contributed by atoms with E-state index >= 15 is 0 Å². The van der Waals surface area contributed by atoms with Gasteiger partial charge in [-0.2, -0.15) is 5.26 Å². The Morgan fingerprint density at radius 3 is 2.55 bits per heavy atom. The Morgan fingerprint density at radius 1 is 1.55 bits per heavy atom. The van der Waals surface area contributed by atoms with Crippen molar-refractivity contribution in [3.8, 4) is 6.07 Å². The molecular formula is C16H23NO3. The largest absolute Gasteiger partial charge is 0.463 e. The molecule has 1 aliphatic carbocycles. The fraction of sp³-hybridized carbons (Fsp3) is 0.625. The Hall–Kier alpha value is -1.60. The number of carbonyl (C=O) groups excluding carboxylic acids is 1. The van der Waals surface area contributed by atoms with Crippen molar-refractivity contribution in [2.45, 2.75) is 46.1 Å². The van der Waals surface area contributed by atoms with Crippen LogP contribution in [0.2, 0.25) is 0 Å². The topological polar surface area (TPSA) is 70.3 Å². The fourth-order valence-electron chi connectivity index (χ4n) is 2.31. The molecule has 0 spiro atoms. The first-order chi connectivity index (χ1) is 9.31. The minimum Gasteiger partial charge on any atom is -0.463 e. The molecule has 1 N–H and O–H groups in total. The summed E-state index contributed by atoms with van der Waals surface area (Å²) in [5.74, 6) is -0.472. The van der Waals surface area contributed by atoms with Crippen LogP contribution in [0.15, 0.2) is 23.8 Å². The Balaban J connectivity index is 2.90. The van der Waals surface area contributed by atoms with Crippen LogP contribution in [0.4, 0.5) is 0 Å². The predicted octanol–water partition coefficient (Wildman–Crippen LogP) is 2.74. The van der Waals surface area contributed by atoms with Gasteiger partial charge in [0.2, 0.25) is 0 Å². The smallest absolute Gasteiger partial charge is 0.330 e. The van der Waals surface area contributed by atoms with Gasteiger partial charge in [0.15, 0.2) is 0 Å². The van der Waals surface area contributed by atoms with Crippen LogP contribution in [0.3, 0.4) is 0 Å². The molecule has 0 radical (unpaired) electrons. The van der Waals surface area contributed by atoms with E-state index in [1.807, 2.05) is 13.8 Å². The van der Waals surface area contributed by atoms with E-state index in [1.54, 1.807) is 26.0 Å². The van der Waals surface area contributed by atoms with Gasteiger partial charge in [-0.25, -0.2) is 4.79 Å². The minimum absolute atomic E-state index is 0.0729. The molecule has 1 atom stereocenters. The quantitative estimate of drug-likeness (QED) is 0.460. The third-order valence-electron chi connectivity index (χ3n) is 3.84. The summed E-state index contributed by atoms with van der Waals surface area (Å²) in [6.45, 7) is 7.64. The number of hydrogen-bond acceptors (Lipinski definition) is 4. The van der Waals surface area contributed by atoms with Gasteiger partial charge >= 0.3 is 5.97 Å². The van der Waals surface area contributed by atoms with Crippen molar-refractivity contribution in [3.63, 3.8) is 0 Å². The lowest BCUT2D eigenvalue weighted by Crippen LogP contribution is -2.42. The zero-order valence-corrected chi connectivity index (χ0v) is 12.6. The second kappa shape index (κ2) is 6.23. The highest BCUT2D eigenvalue weighted by molar-refractivity contribution is 5.83. The van der Waals surface area contributed by atoms with Crippen LogP contribution in [-0.4, -0.2) is 23.3 Å². The molecule has 20 heavy (non-hydrogen) atoms. The molecule has 1 aliphatic rings. The van der Waals surface area contributed by atoms with Gasteiger partial charge in [0.1, 0.15) is 5.60 Å². The third kappa shape index (κ3) is 3.29. The lowest BCUT2D eigenvalue weighted by Gasteiger charge is -2.33. The van der Waals surface area contributed by atoms with Crippen molar-refractivity contribution < 1.29 is 14.6 Å². The highest BCUT2D eigenvalue weighted by Crippen LogP contribution is 2.56. The van der Waals surface area contributed by atoms with E-state index in [-0.39, 0.29) is 5.92 Å². The standard InChI is InChI=1S/C16H23NO3/c1-5-20-14(18)10-13(4)6-7-16(19,12(2)3)15(11-17)8-9-15/h6-7,10,12,19H,5,8-9H2,1-4H3. The average molecular weight is 277 g/mol. The maximum atomic E-state index is 11.3. The van der Waals surface area contributed by atoms with Crippen molar-refractivity contribution in [2.75, 3.05) is 6.61 Å². The molecule has 0 amide bonds. The SMILES string of the molecule is CCOC(=O)C=C(C)C=CC(O)(C(C)C)C1(C#N)CC1. The Morgan fingerprint density at radius 2 is 2.15 bits per heavy atom. The number of carbonyl (C=O) groups is 1. The van der Waals surface area contributed by atoms with Gasteiger partial charge in [-0.05, 0) is 38.2 Å². The lowest BCUT2D eigenvalue weighted by atomic mass is 9.76. The summed E-state index contributed by atoms with van der Waals surface area (Å²) < 4.78 is 4.83. The molecule has 110 valence electrons. The Labute approximate surface area is 120 Å². The third-order valence-corrected chi connectivity index (χ3v) is 3.84. The first kappa shape index (κ1) is 16.5. The summed E-state index contributed by atoms with van der Waals surface area (Å²) in [5.41, 5.74) is -1.15. The Bertz CT molecular complexity index is 467. The molecule has 0 bridgehead atoms. The molecule has 1 unspecified atom stereocenters. The molecule has 4 heteroatoms. The normalized spacial score (nSPS) is 20.6. The number of nitriles is 1. The Kier molecular flexibility index (Phi) is 5.13. The van der Waals surface area contributed by atoms with Crippen LogP contribution in [0.5, 0.6) is 0 Å². The van der Waals surface area contributed by atoms with Gasteiger partial charge in [0.25, 0.3) is 0 Å². The number of esters is 1. The van der Waals surface area contributed by atoms with Crippen molar-refractivity contribution >= 4 is 5.97 Å². The molecule has 0 saturated heterocycles. The second-order valence-electron chi connectivity index (χ2n) is 5.65. The molecule has 0 aromatic carbocycles. The summed E-state index contributed by atoms with van der Waals surface area (Å²) >= 11 is 0. The summed E-state index contributed by atoms with van der Waals surface area (Å²) in [6.07, 6.45) is 6.15. The van der Waals surface area contributed by atoms with E-state index in [0.29, 0.717) is 25.0 Å². The number of nitrogens with zero attached hydrogens (tertiary/aromatic N) is 1. The van der Waals surface area contributed by atoms with Crippen LogP contribution in [0.25, 0.3) is 0 Å². The van der Waals surface area contributed by atoms with Gasteiger partial charge in [-0.1, -0.05) is 26.0 Å². The van der Waals surface area contributed by atoms with Gasteiger partial charge in [0.05, 0.1) is 18.1 Å². The van der Waals surface area contributed by atoms with Gasteiger partial charge in [0, 0.05) is 6.08 Å². The zero-order valence-electron chi connectivity index (χ0n) is 12.6. The lowest BCUT2D eigenvalue weighted by molar-refractivity contribution is -0.137. The molecular weight excluding hydrogens is 254 g/mol. The maximum Gasteiger partial charge on any atom is 0.330 e. The minimum atomic E-state index is -1.16. The van der Waals surface area contributed by atoms with Crippen LogP contribution in [0, 0.1) is 22.7 Å². The number of allylic oxidation sites excluding steroid dienone is 2. The summed E-state index contributed by atoms with van der Waals surface area (Å²) in [7, 11) is 0. The summed E-state index contributed by atoms with van der Waals surface area (Å²) in [4.78, 5) is 11.3. The van der Waals surface area contributed by atoms with E-state index in [0.717, 1.165) is 0 Å². The monoisotopic (exact) mass is 277 g/mol. The molecule has 1 saturated carbocycles. The number of hydrogen-bond donors (Lipinski definition) is 1. The summed E-state index contributed by atoms with van der Waals surface area (Å²) in [5, 5.41) is 20.1. The van der Waals surface area contributed by atoms with Crippen LogP contribution in [0.1, 0.15) is 40.5 Å². The first-order valence-corrected chi connectivity index (χ1v) is 6.99. The van der Waals surface area contributed by atoms with Crippen molar-refractivity contribution in [3.05, 3.63) is 23.8 Å². The van der Waals surface area contributed by atoms with Gasteiger partial charge in [-0.3, -0.25) is 0 Å². The molecule has 0 aromatic rings. The second-order valence-corrected chi connectivity index (χ2v) is 5.65. The highest BCUT2D eigenvalue weighted by atomic mass is 16.5. The van der Waals surface area contributed by atoms with Gasteiger partial charge in [-0.15, -0.1) is 0 Å². The van der Waals surface area contributed by atoms with Crippen molar-refractivity contribution in [1.29, 1.82) is 5.26 Å². The molecule has 1 rings (SSSR count). The average Bonchev–Trinajstić information content (AvgIpc) is 3.17. The maximum absolute atomic E-state index is 11.3. The van der Waals surface area contributed by atoms with Gasteiger partial charge < -0.3 is 9.84 Å². The van der Waals surface area contributed by atoms with E-state index in [2.05, 4.69) is 6.07 Å². The molecule has 0 aromatic heterocycles. The first-order valence-electron chi connectivity index (χ1n) is 6.99. The predicted molar refractivity (Wildman–Crippen MR) is 76.6 cm³/mol. The molecule has 0 aliphatic heterocycles. The highest BCUT2D eigenvalue weighted by Gasteiger charge is 2.59. The molecule has 4 nitrogen and oxygen atoms in total. The zero-order chi connectivity index (χ0) is 15.4. The number of rotatable bonds is 6. The van der Waals surface area contributed by atoms with Crippen molar-refractivity contribution in [2.24, 2.45) is 11.3 Å². The van der Waals surface area contributed by atoms with E-state index in [9.17, 15) is 15.2 Å². The van der Waals surface area contributed by atoms with E-state index < -0.39 is 17.0 Å². The number of ether oxygens (including phenoxy) is 1. The van der Waals surface area contributed by atoms with E-state index in [1.165, 1.54) is 6.08 Å². The summed E-state index contributed by atoms with van der Waals surface area (Å²) in [6, 6.07) is 2.25. The van der Waals surface area contributed by atoms with Crippen LogP contribution < -0.4 is 0 Å². The van der Waals surface area contributed by atoms with E-state index in [4.69, 9.17) is 4.74 Å². The fourth-order valence-corrected chi connectivity index (χ4v) is 2.31. The molecule has 0 heterocycles. The van der Waals surface area contributed by atoms with Crippen LogP contribution >= 0.6 is 0 Å².